The molecule has 2 aliphatic rings. The fourth-order valence-electron chi connectivity index (χ4n) is 3.65. The Hall–Kier alpha value is -0.870. The Morgan fingerprint density at radius 3 is 2.85 bits per heavy atom. The number of aromatic nitrogens is 2. The van der Waals surface area contributed by atoms with Crippen LogP contribution in [0.2, 0.25) is 0 Å². The van der Waals surface area contributed by atoms with Gasteiger partial charge in [-0.15, -0.1) is 0 Å². The van der Waals surface area contributed by atoms with Crippen LogP contribution in [0.25, 0.3) is 0 Å². The zero-order valence-electron chi connectivity index (χ0n) is 12.8. The highest BCUT2D eigenvalue weighted by Crippen LogP contribution is 2.26. The van der Waals surface area contributed by atoms with Crippen LogP contribution in [0.15, 0.2) is 6.20 Å². The Kier molecular flexibility index (Phi) is 4.13. The SMILES string of the molecule is CC(C)N1CCC(Cc2ncc3n2CC(CO)CC3)C1. The van der Waals surface area contributed by atoms with Crippen molar-refractivity contribution in [1.29, 1.82) is 0 Å². The van der Waals surface area contributed by atoms with Crippen LogP contribution in [-0.2, 0) is 19.4 Å². The standard InChI is InChI=1S/C16H27N3O/c1-12(2)18-6-5-13(9-18)7-16-17-8-15-4-3-14(11-20)10-19(15)16/h8,12-14,20H,3-7,9-11H2,1-2H3. The van der Waals surface area contributed by atoms with E-state index >= 15 is 0 Å². The first kappa shape index (κ1) is 14.1. The molecule has 1 fully saturated rings. The molecule has 3 rings (SSSR count). The van der Waals surface area contributed by atoms with Gasteiger partial charge in [0.05, 0.1) is 0 Å². The molecule has 0 saturated carbocycles. The number of hydrogen-bond acceptors (Lipinski definition) is 3. The van der Waals surface area contributed by atoms with E-state index in [2.05, 4.69) is 34.5 Å². The highest BCUT2D eigenvalue weighted by atomic mass is 16.3. The molecule has 0 bridgehead atoms. The van der Waals surface area contributed by atoms with Crippen molar-refractivity contribution in [2.24, 2.45) is 11.8 Å². The summed E-state index contributed by atoms with van der Waals surface area (Å²) in [5, 5.41) is 9.38. The fraction of sp³-hybridized carbons (Fsp3) is 0.812. The number of aliphatic hydroxyl groups excluding tert-OH is 1. The maximum Gasteiger partial charge on any atom is 0.109 e. The third-order valence-electron chi connectivity index (χ3n) is 5.05. The first-order valence-corrected chi connectivity index (χ1v) is 8.05. The largest absolute Gasteiger partial charge is 0.396 e. The molecule has 2 unspecified atom stereocenters. The van der Waals surface area contributed by atoms with Gasteiger partial charge in [-0.25, -0.2) is 4.98 Å². The molecule has 20 heavy (non-hydrogen) atoms. The van der Waals surface area contributed by atoms with E-state index in [0.29, 0.717) is 18.6 Å². The van der Waals surface area contributed by atoms with Crippen LogP contribution in [0.5, 0.6) is 0 Å². The Morgan fingerprint density at radius 1 is 1.30 bits per heavy atom. The lowest BCUT2D eigenvalue weighted by Gasteiger charge is -2.24. The van der Waals surface area contributed by atoms with Gasteiger partial charge in [0.15, 0.2) is 0 Å². The quantitative estimate of drug-likeness (QED) is 0.911. The number of nitrogens with zero attached hydrogens (tertiary/aromatic N) is 3. The molecule has 2 aliphatic heterocycles. The molecule has 2 atom stereocenters. The summed E-state index contributed by atoms with van der Waals surface area (Å²) in [6.45, 7) is 8.28. The summed E-state index contributed by atoms with van der Waals surface area (Å²) in [5.41, 5.74) is 1.36. The molecule has 3 heterocycles. The number of aliphatic hydroxyl groups is 1. The topological polar surface area (TPSA) is 41.3 Å². The van der Waals surface area contributed by atoms with E-state index in [9.17, 15) is 5.11 Å². The zero-order chi connectivity index (χ0) is 14.1. The van der Waals surface area contributed by atoms with Crippen molar-refractivity contribution < 1.29 is 5.11 Å². The average molecular weight is 277 g/mol. The predicted octanol–water partition coefficient (Wildman–Crippen LogP) is 1.71. The molecular weight excluding hydrogens is 250 g/mol. The molecule has 1 saturated heterocycles. The highest BCUT2D eigenvalue weighted by Gasteiger charge is 2.27. The van der Waals surface area contributed by atoms with E-state index in [4.69, 9.17) is 0 Å². The van der Waals surface area contributed by atoms with Gasteiger partial charge in [-0.05, 0) is 45.6 Å². The van der Waals surface area contributed by atoms with E-state index in [1.807, 2.05) is 0 Å². The Balaban J connectivity index is 1.66. The Morgan fingerprint density at radius 2 is 2.15 bits per heavy atom. The van der Waals surface area contributed by atoms with Gasteiger partial charge in [0.25, 0.3) is 0 Å². The van der Waals surface area contributed by atoms with Crippen LogP contribution in [0.4, 0.5) is 0 Å². The first-order chi connectivity index (χ1) is 9.67. The highest BCUT2D eigenvalue weighted by molar-refractivity contribution is 5.09. The summed E-state index contributed by atoms with van der Waals surface area (Å²) < 4.78 is 2.38. The van der Waals surface area contributed by atoms with Gasteiger partial charge in [-0.1, -0.05) is 0 Å². The molecule has 0 radical (unpaired) electrons. The van der Waals surface area contributed by atoms with Gasteiger partial charge < -0.3 is 14.6 Å². The molecule has 0 aliphatic carbocycles. The van der Waals surface area contributed by atoms with E-state index in [0.717, 1.165) is 31.7 Å². The number of fused-ring (bicyclic) bond motifs is 1. The smallest absolute Gasteiger partial charge is 0.109 e. The van der Waals surface area contributed by atoms with Gasteiger partial charge in [-0.2, -0.15) is 0 Å². The molecule has 1 aromatic rings. The lowest BCUT2D eigenvalue weighted by Crippen LogP contribution is -2.29. The van der Waals surface area contributed by atoms with Crippen LogP contribution in [0.3, 0.4) is 0 Å². The lowest BCUT2D eigenvalue weighted by atomic mass is 9.98. The lowest BCUT2D eigenvalue weighted by molar-refractivity contribution is 0.190. The predicted molar refractivity (Wildman–Crippen MR) is 79.6 cm³/mol. The Bertz CT molecular complexity index is 455. The van der Waals surface area contributed by atoms with Crippen molar-refractivity contribution in [3.8, 4) is 0 Å². The minimum atomic E-state index is 0.307. The van der Waals surface area contributed by atoms with Crippen LogP contribution >= 0.6 is 0 Å². The molecule has 0 aromatic carbocycles. The van der Waals surface area contributed by atoms with Crippen molar-refractivity contribution in [2.75, 3.05) is 19.7 Å². The molecule has 4 heteroatoms. The summed E-state index contributed by atoms with van der Waals surface area (Å²) in [6, 6.07) is 0.660. The van der Waals surface area contributed by atoms with E-state index < -0.39 is 0 Å². The summed E-state index contributed by atoms with van der Waals surface area (Å²) in [5.74, 6) is 2.42. The number of hydrogen-bond donors (Lipinski definition) is 1. The number of rotatable bonds is 4. The Labute approximate surface area is 121 Å². The molecule has 1 N–H and O–H groups in total. The van der Waals surface area contributed by atoms with E-state index in [-0.39, 0.29) is 0 Å². The zero-order valence-corrected chi connectivity index (χ0v) is 12.8. The van der Waals surface area contributed by atoms with Crippen molar-refractivity contribution in [1.82, 2.24) is 14.5 Å². The fourth-order valence-corrected chi connectivity index (χ4v) is 3.65. The van der Waals surface area contributed by atoms with Crippen molar-refractivity contribution in [3.05, 3.63) is 17.7 Å². The van der Waals surface area contributed by atoms with Crippen molar-refractivity contribution >= 4 is 0 Å². The molecular formula is C16H27N3O. The summed E-state index contributed by atoms with van der Waals surface area (Å²) in [7, 11) is 0. The van der Waals surface area contributed by atoms with Crippen molar-refractivity contribution in [2.45, 2.75) is 52.1 Å². The second kappa shape index (κ2) is 5.86. The van der Waals surface area contributed by atoms with Crippen LogP contribution in [0.1, 0.15) is 38.2 Å². The molecule has 1 aromatic heterocycles. The molecule has 112 valence electrons. The first-order valence-electron chi connectivity index (χ1n) is 8.05. The number of imidazole rings is 1. The minimum Gasteiger partial charge on any atom is -0.396 e. The van der Waals surface area contributed by atoms with Crippen LogP contribution in [-0.4, -0.2) is 45.3 Å². The van der Waals surface area contributed by atoms with Gasteiger partial charge in [0.1, 0.15) is 5.82 Å². The van der Waals surface area contributed by atoms with Gasteiger partial charge >= 0.3 is 0 Å². The number of aryl methyl sites for hydroxylation is 1. The normalized spacial score (nSPS) is 27.2. The molecule has 0 spiro atoms. The monoisotopic (exact) mass is 277 g/mol. The van der Waals surface area contributed by atoms with E-state index in [1.165, 1.54) is 31.0 Å². The van der Waals surface area contributed by atoms with Gasteiger partial charge in [0.2, 0.25) is 0 Å². The van der Waals surface area contributed by atoms with Crippen molar-refractivity contribution in [3.63, 3.8) is 0 Å². The maximum absolute atomic E-state index is 9.38. The summed E-state index contributed by atoms with van der Waals surface area (Å²) in [6.07, 6.45) is 6.62. The minimum absolute atomic E-state index is 0.307. The van der Waals surface area contributed by atoms with Crippen LogP contribution < -0.4 is 0 Å². The second-order valence-corrected chi connectivity index (χ2v) is 6.81. The molecule has 0 amide bonds. The van der Waals surface area contributed by atoms with Gasteiger partial charge in [0, 0.05) is 50.0 Å². The average Bonchev–Trinajstić information content (AvgIpc) is 3.06. The molecule has 4 nitrogen and oxygen atoms in total. The van der Waals surface area contributed by atoms with Gasteiger partial charge in [-0.3, -0.25) is 0 Å². The van der Waals surface area contributed by atoms with E-state index in [1.54, 1.807) is 0 Å². The second-order valence-electron chi connectivity index (χ2n) is 6.81. The maximum atomic E-state index is 9.38. The van der Waals surface area contributed by atoms with Crippen LogP contribution in [0, 0.1) is 11.8 Å². The third-order valence-corrected chi connectivity index (χ3v) is 5.05. The summed E-state index contributed by atoms with van der Waals surface area (Å²) >= 11 is 0. The summed E-state index contributed by atoms with van der Waals surface area (Å²) in [4.78, 5) is 7.23. The third kappa shape index (κ3) is 2.77. The number of likely N-dealkylation sites (tertiary alicyclic amines) is 1.